The Morgan fingerprint density at radius 1 is 1.39 bits per heavy atom. The molecular formula is C14H26N4. The number of anilines is 1. The fourth-order valence-corrected chi connectivity index (χ4v) is 2.52. The first-order valence-electron chi connectivity index (χ1n) is 7.08. The normalized spacial score (nSPS) is 18.4. The lowest BCUT2D eigenvalue weighted by molar-refractivity contribution is 0.226. The van der Waals surface area contributed by atoms with E-state index in [1.807, 2.05) is 6.20 Å². The molecule has 2 heterocycles. The summed E-state index contributed by atoms with van der Waals surface area (Å²) in [5.74, 6) is 2.48. The van der Waals surface area contributed by atoms with E-state index in [0.717, 1.165) is 25.0 Å². The molecule has 1 aromatic heterocycles. The second-order valence-electron chi connectivity index (χ2n) is 5.92. The lowest BCUT2D eigenvalue weighted by Crippen LogP contribution is -2.33. The molecule has 0 bridgehead atoms. The highest BCUT2D eigenvalue weighted by molar-refractivity contribution is 5.25. The first-order chi connectivity index (χ1) is 8.65. The third-order valence-corrected chi connectivity index (χ3v) is 3.66. The molecule has 18 heavy (non-hydrogen) atoms. The smallest absolute Gasteiger partial charge is 0.202 e. The van der Waals surface area contributed by atoms with Gasteiger partial charge in [-0.1, -0.05) is 13.8 Å². The van der Waals surface area contributed by atoms with Gasteiger partial charge in [-0.25, -0.2) is 4.98 Å². The van der Waals surface area contributed by atoms with Gasteiger partial charge in [-0.3, -0.25) is 0 Å². The lowest BCUT2D eigenvalue weighted by atomic mass is 9.97. The summed E-state index contributed by atoms with van der Waals surface area (Å²) in [5.41, 5.74) is 0. The lowest BCUT2D eigenvalue weighted by Gasteiger charge is -2.29. The number of piperidine rings is 1. The van der Waals surface area contributed by atoms with Gasteiger partial charge in [0.05, 0.1) is 0 Å². The van der Waals surface area contributed by atoms with Gasteiger partial charge in [-0.2, -0.15) is 0 Å². The largest absolute Gasteiger partial charge is 0.355 e. The highest BCUT2D eigenvalue weighted by Gasteiger charge is 2.16. The van der Waals surface area contributed by atoms with Crippen LogP contribution in [0.4, 0.5) is 5.95 Å². The van der Waals surface area contributed by atoms with Crippen molar-refractivity contribution in [2.45, 2.75) is 33.2 Å². The monoisotopic (exact) mass is 250 g/mol. The average molecular weight is 250 g/mol. The molecule has 1 aliphatic rings. The molecule has 0 saturated carbocycles. The van der Waals surface area contributed by atoms with E-state index in [-0.39, 0.29) is 0 Å². The number of aromatic nitrogens is 2. The molecular weight excluding hydrogens is 224 g/mol. The Labute approximate surface area is 110 Å². The third-order valence-electron chi connectivity index (χ3n) is 3.66. The molecule has 0 unspecified atom stereocenters. The third kappa shape index (κ3) is 3.73. The highest BCUT2D eigenvalue weighted by Crippen LogP contribution is 2.17. The van der Waals surface area contributed by atoms with Gasteiger partial charge in [0.25, 0.3) is 0 Å². The Morgan fingerprint density at radius 2 is 2.11 bits per heavy atom. The average Bonchev–Trinajstić information content (AvgIpc) is 2.75. The maximum Gasteiger partial charge on any atom is 0.202 e. The molecule has 0 spiro atoms. The topological polar surface area (TPSA) is 33.1 Å². The van der Waals surface area contributed by atoms with Crippen LogP contribution in [-0.4, -0.2) is 41.1 Å². The number of hydrogen-bond acceptors (Lipinski definition) is 3. The van der Waals surface area contributed by atoms with E-state index in [9.17, 15) is 0 Å². The molecule has 0 radical (unpaired) electrons. The van der Waals surface area contributed by atoms with Crippen LogP contribution in [0.3, 0.4) is 0 Å². The summed E-state index contributed by atoms with van der Waals surface area (Å²) < 4.78 is 2.22. The second kappa shape index (κ2) is 6.23. The van der Waals surface area contributed by atoms with Crippen molar-refractivity contribution in [3.8, 4) is 0 Å². The van der Waals surface area contributed by atoms with Crippen molar-refractivity contribution in [1.29, 1.82) is 0 Å². The van der Waals surface area contributed by atoms with E-state index in [4.69, 9.17) is 0 Å². The van der Waals surface area contributed by atoms with Gasteiger partial charge in [-0.05, 0) is 44.8 Å². The minimum absolute atomic E-state index is 0.656. The maximum absolute atomic E-state index is 4.41. The number of imidazole rings is 1. The SMILES string of the molecule is CC(C)Cn1ccnc1NCC1CCN(C)CC1. The van der Waals surface area contributed by atoms with Crippen molar-refractivity contribution in [3.05, 3.63) is 12.4 Å². The second-order valence-corrected chi connectivity index (χ2v) is 5.92. The van der Waals surface area contributed by atoms with Gasteiger partial charge in [0.15, 0.2) is 0 Å². The van der Waals surface area contributed by atoms with Crippen molar-refractivity contribution in [1.82, 2.24) is 14.5 Å². The first-order valence-corrected chi connectivity index (χ1v) is 7.08. The van der Waals surface area contributed by atoms with Crippen molar-refractivity contribution in [2.75, 3.05) is 32.0 Å². The summed E-state index contributed by atoms with van der Waals surface area (Å²) in [6, 6.07) is 0. The van der Waals surface area contributed by atoms with Gasteiger partial charge in [0, 0.05) is 25.5 Å². The minimum atomic E-state index is 0.656. The van der Waals surface area contributed by atoms with Gasteiger partial charge in [0.2, 0.25) is 5.95 Å². The van der Waals surface area contributed by atoms with Crippen molar-refractivity contribution in [2.24, 2.45) is 11.8 Å². The highest BCUT2D eigenvalue weighted by atomic mass is 15.2. The predicted octanol–water partition coefficient (Wildman–Crippen LogP) is 2.29. The van der Waals surface area contributed by atoms with Gasteiger partial charge >= 0.3 is 0 Å². The van der Waals surface area contributed by atoms with E-state index in [1.54, 1.807) is 0 Å². The van der Waals surface area contributed by atoms with E-state index < -0.39 is 0 Å². The van der Waals surface area contributed by atoms with Crippen LogP contribution in [0.5, 0.6) is 0 Å². The van der Waals surface area contributed by atoms with Crippen LogP contribution in [0.1, 0.15) is 26.7 Å². The van der Waals surface area contributed by atoms with Crippen LogP contribution >= 0.6 is 0 Å². The first kappa shape index (κ1) is 13.4. The fraction of sp³-hybridized carbons (Fsp3) is 0.786. The Morgan fingerprint density at radius 3 is 2.78 bits per heavy atom. The van der Waals surface area contributed by atoms with Crippen LogP contribution in [0, 0.1) is 11.8 Å². The molecule has 0 aromatic carbocycles. The minimum Gasteiger partial charge on any atom is -0.355 e. The molecule has 0 amide bonds. The molecule has 102 valence electrons. The molecule has 2 rings (SSSR count). The van der Waals surface area contributed by atoms with Gasteiger partial charge in [-0.15, -0.1) is 0 Å². The number of hydrogen-bond donors (Lipinski definition) is 1. The summed E-state index contributed by atoms with van der Waals surface area (Å²) in [4.78, 5) is 6.82. The molecule has 1 N–H and O–H groups in total. The number of nitrogens with one attached hydrogen (secondary N) is 1. The Kier molecular flexibility index (Phi) is 4.64. The molecule has 1 aromatic rings. The maximum atomic E-state index is 4.41. The summed E-state index contributed by atoms with van der Waals surface area (Å²) in [7, 11) is 2.21. The van der Waals surface area contributed by atoms with Crippen LogP contribution in [0.25, 0.3) is 0 Å². The zero-order valence-electron chi connectivity index (χ0n) is 11.9. The van der Waals surface area contributed by atoms with Crippen molar-refractivity contribution in [3.63, 3.8) is 0 Å². The summed E-state index contributed by atoms with van der Waals surface area (Å²) in [6.45, 7) is 9.03. The molecule has 0 atom stereocenters. The standard InChI is InChI=1S/C14H26N4/c1-12(2)11-18-9-6-15-14(18)16-10-13-4-7-17(3)8-5-13/h6,9,12-13H,4-5,7-8,10-11H2,1-3H3,(H,15,16). The quantitative estimate of drug-likeness (QED) is 0.870. The molecule has 4 heteroatoms. The van der Waals surface area contributed by atoms with Crippen molar-refractivity contribution >= 4 is 5.95 Å². The van der Waals surface area contributed by atoms with Crippen LogP contribution in [0.15, 0.2) is 12.4 Å². The van der Waals surface area contributed by atoms with E-state index in [2.05, 4.69) is 46.9 Å². The van der Waals surface area contributed by atoms with Crippen LogP contribution < -0.4 is 5.32 Å². The fourth-order valence-electron chi connectivity index (χ4n) is 2.52. The van der Waals surface area contributed by atoms with Gasteiger partial charge < -0.3 is 14.8 Å². The zero-order chi connectivity index (χ0) is 13.0. The van der Waals surface area contributed by atoms with E-state index >= 15 is 0 Å². The van der Waals surface area contributed by atoms with Crippen LogP contribution in [-0.2, 0) is 6.54 Å². The van der Waals surface area contributed by atoms with E-state index in [0.29, 0.717) is 5.92 Å². The molecule has 0 aliphatic carbocycles. The zero-order valence-corrected chi connectivity index (χ0v) is 11.9. The molecule has 4 nitrogen and oxygen atoms in total. The van der Waals surface area contributed by atoms with Crippen molar-refractivity contribution < 1.29 is 0 Å². The summed E-state index contributed by atoms with van der Waals surface area (Å²) in [6.07, 6.45) is 6.55. The molecule has 1 fully saturated rings. The summed E-state index contributed by atoms with van der Waals surface area (Å²) in [5, 5.41) is 3.52. The number of likely N-dealkylation sites (tertiary alicyclic amines) is 1. The number of nitrogens with zero attached hydrogens (tertiary/aromatic N) is 3. The summed E-state index contributed by atoms with van der Waals surface area (Å²) >= 11 is 0. The molecule has 1 saturated heterocycles. The van der Waals surface area contributed by atoms with E-state index in [1.165, 1.54) is 25.9 Å². The van der Waals surface area contributed by atoms with Gasteiger partial charge in [0.1, 0.15) is 0 Å². The molecule has 1 aliphatic heterocycles. The predicted molar refractivity (Wildman–Crippen MR) is 75.8 cm³/mol. The Bertz CT molecular complexity index is 350. The number of rotatable bonds is 5. The Balaban J connectivity index is 1.81. The van der Waals surface area contributed by atoms with Crippen LogP contribution in [0.2, 0.25) is 0 Å². The Hall–Kier alpha value is -1.03.